The number of thioether (sulfide) groups is 1. The van der Waals surface area contributed by atoms with Crippen LogP contribution in [0.1, 0.15) is 26.4 Å². The maximum absolute atomic E-state index is 13.0. The molecule has 0 aliphatic carbocycles. The van der Waals surface area contributed by atoms with Crippen molar-refractivity contribution in [1.29, 1.82) is 0 Å². The molecule has 0 aliphatic rings. The van der Waals surface area contributed by atoms with Crippen LogP contribution in [0.25, 0.3) is 10.8 Å². The van der Waals surface area contributed by atoms with Gasteiger partial charge in [0.15, 0.2) is 5.69 Å². The number of fused-ring (bicyclic) bond motifs is 1. The summed E-state index contributed by atoms with van der Waals surface area (Å²) in [5.74, 6) is -0.801. The van der Waals surface area contributed by atoms with Crippen LogP contribution in [0.3, 0.4) is 0 Å². The third-order valence-electron chi connectivity index (χ3n) is 5.20. The number of rotatable bonds is 6. The van der Waals surface area contributed by atoms with Gasteiger partial charge < -0.3 is 4.74 Å². The van der Waals surface area contributed by atoms with Crippen LogP contribution in [-0.2, 0) is 6.54 Å². The Balaban J connectivity index is 1.62. The average molecular weight is 475 g/mol. The Morgan fingerprint density at radius 1 is 0.941 bits per heavy atom. The number of ether oxygens (including phenoxy) is 1. The Kier molecular flexibility index (Phi) is 6.93. The molecule has 3 aromatic carbocycles. The summed E-state index contributed by atoms with van der Waals surface area (Å²) in [6.45, 7) is 0.204. The van der Waals surface area contributed by atoms with Crippen molar-refractivity contribution in [2.45, 2.75) is 11.4 Å². The average Bonchev–Trinajstić information content (AvgIpc) is 2.88. The predicted octanol–water partition coefficient (Wildman–Crippen LogP) is 3.25. The maximum Gasteiger partial charge on any atom is 0.290 e. The van der Waals surface area contributed by atoms with E-state index in [9.17, 15) is 14.4 Å². The lowest BCUT2D eigenvalue weighted by Crippen LogP contribution is -2.43. The van der Waals surface area contributed by atoms with E-state index in [4.69, 9.17) is 4.74 Å². The summed E-state index contributed by atoms with van der Waals surface area (Å²) in [5.41, 5.74) is 5.66. The third-order valence-corrected chi connectivity index (χ3v) is 5.93. The molecule has 0 aliphatic heterocycles. The fourth-order valence-corrected chi connectivity index (χ4v) is 3.92. The monoisotopic (exact) mass is 474 g/mol. The number of methoxy groups -OCH3 is 1. The van der Waals surface area contributed by atoms with Gasteiger partial charge in [0.2, 0.25) is 0 Å². The van der Waals surface area contributed by atoms with Gasteiger partial charge >= 0.3 is 0 Å². The van der Waals surface area contributed by atoms with Crippen molar-refractivity contribution < 1.29 is 14.3 Å². The molecule has 0 unspecified atom stereocenters. The van der Waals surface area contributed by atoms with Crippen molar-refractivity contribution in [3.63, 3.8) is 0 Å². The van der Waals surface area contributed by atoms with Crippen molar-refractivity contribution in [3.05, 3.63) is 100.0 Å². The van der Waals surface area contributed by atoms with E-state index in [1.807, 2.05) is 36.6 Å². The van der Waals surface area contributed by atoms with Gasteiger partial charge in [0.25, 0.3) is 17.4 Å². The Hall–Kier alpha value is -4.11. The van der Waals surface area contributed by atoms with Crippen LogP contribution >= 0.6 is 11.8 Å². The van der Waals surface area contributed by atoms with E-state index in [0.29, 0.717) is 16.5 Å². The Morgan fingerprint density at radius 2 is 1.62 bits per heavy atom. The zero-order valence-corrected chi connectivity index (χ0v) is 19.4. The molecular weight excluding hydrogens is 452 g/mol. The molecule has 9 heteroatoms. The Labute approximate surface area is 199 Å². The molecule has 0 fully saturated rings. The van der Waals surface area contributed by atoms with Crippen LogP contribution in [0, 0.1) is 0 Å². The molecule has 0 bridgehead atoms. The van der Waals surface area contributed by atoms with Gasteiger partial charge in [0.1, 0.15) is 5.75 Å². The first-order valence-electron chi connectivity index (χ1n) is 10.4. The Morgan fingerprint density at radius 3 is 2.32 bits per heavy atom. The van der Waals surface area contributed by atoms with Crippen LogP contribution < -0.4 is 21.1 Å². The fourth-order valence-electron chi connectivity index (χ4n) is 3.49. The number of nitrogens with one attached hydrogen (secondary N) is 2. The van der Waals surface area contributed by atoms with Crippen molar-refractivity contribution in [2.24, 2.45) is 0 Å². The summed E-state index contributed by atoms with van der Waals surface area (Å²) in [4.78, 5) is 39.6. The van der Waals surface area contributed by atoms with E-state index in [2.05, 4.69) is 16.0 Å². The minimum Gasteiger partial charge on any atom is -0.496 e. The number of carbonyl (C=O) groups is 2. The molecule has 0 saturated heterocycles. The number of hydrazine groups is 1. The second kappa shape index (κ2) is 10.2. The molecule has 0 atom stereocenters. The van der Waals surface area contributed by atoms with Crippen LogP contribution in [0.2, 0.25) is 0 Å². The second-order valence-electron chi connectivity index (χ2n) is 7.32. The number of amides is 2. The lowest BCUT2D eigenvalue weighted by Gasteiger charge is -2.13. The van der Waals surface area contributed by atoms with Gasteiger partial charge in [-0.15, -0.1) is 11.8 Å². The first-order valence-corrected chi connectivity index (χ1v) is 11.6. The number of hydrogen-bond donors (Lipinski definition) is 2. The smallest absolute Gasteiger partial charge is 0.290 e. The first kappa shape index (κ1) is 23.1. The summed E-state index contributed by atoms with van der Waals surface area (Å²) >= 11 is 1.52. The van der Waals surface area contributed by atoms with E-state index in [1.165, 1.54) is 23.6 Å². The topological polar surface area (TPSA) is 102 Å². The van der Waals surface area contributed by atoms with Gasteiger partial charge in [-0.05, 0) is 36.1 Å². The number of aromatic nitrogens is 2. The maximum atomic E-state index is 13.0. The standard InChI is InChI=1S/C25H22N4O4S/c1-33-21-14-17(34-2)12-13-20(21)23(30)26-27-24(31)22-18-10-6-7-11-19(18)25(32)29(28-22)15-16-8-4-3-5-9-16/h3-14H,15H2,1-2H3,(H,26,30)(H,27,31). The van der Waals surface area contributed by atoms with Gasteiger partial charge in [-0.3, -0.25) is 25.2 Å². The molecule has 2 N–H and O–H groups in total. The van der Waals surface area contributed by atoms with Crippen LogP contribution in [0.4, 0.5) is 0 Å². The molecule has 0 saturated carbocycles. The van der Waals surface area contributed by atoms with Crippen molar-refractivity contribution in [1.82, 2.24) is 20.6 Å². The van der Waals surface area contributed by atoms with Gasteiger partial charge in [-0.2, -0.15) is 5.10 Å². The minimum atomic E-state index is -0.647. The van der Waals surface area contributed by atoms with Crippen LogP contribution in [0.5, 0.6) is 5.75 Å². The highest BCUT2D eigenvalue weighted by molar-refractivity contribution is 7.98. The van der Waals surface area contributed by atoms with Gasteiger partial charge in [0.05, 0.1) is 24.6 Å². The SMILES string of the molecule is COc1cc(SC)ccc1C(=O)NNC(=O)c1nn(Cc2ccccc2)c(=O)c2ccccc12. The molecule has 0 spiro atoms. The van der Waals surface area contributed by atoms with Gasteiger partial charge in [-0.25, -0.2) is 4.68 Å². The molecular formula is C25H22N4O4S. The molecule has 8 nitrogen and oxygen atoms in total. The van der Waals surface area contributed by atoms with Crippen LogP contribution in [0.15, 0.2) is 82.5 Å². The lowest BCUT2D eigenvalue weighted by atomic mass is 10.1. The fraction of sp³-hybridized carbons (Fsp3) is 0.120. The number of carbonyl (C=O) groups excluding carboxylic acids is 2. The summed E-state index contributed by atoms with van der Waals surface area (Å²) < 4.78 is 6.55. The van der Waals surface area contributed by atoms with Gasteiger partial charge in [0, 0.05) is 10.3 Å². The minimum absolute atomic E-state index is 0.0242. The second-order valence-corrected chi connectivity index (χ2v) is 8.20. The summed E-state index contributed by atoms with van der Waals surface area (Å²) in [6.07, 6.45) is 1.92. The highest BCUT2D eigenvalue weighted by Gasteiger charge is 2.19. The predicted molar refractivity (Wildman–Crippen MR) is 131 cm³/mol. The number of benzene rings is 3. The van der Waals surface area contributed by atoms with E-state index in [0.717, 1.165) is 10.5 Å². The molecule has 4 rings (SSSR count). The number of hydrogen-bond acceptors (Lipinski definition) is 6. The molecule has 1 aromatic heterocycles. The third kappa shape index (κ3) is 4.79. The van der Waals surface area contributed by atoms with E-state index >= 15 is 0 Å². The van der Waals surface area contributed by atoms with Crippen molar-refractivity contribution in [3.8, 4) is 5.75 Å². The van der Waals surface area contributed by atoms with Crippen molar-refractivity contribution >= 4 is 34.3 Å². The quantitative estimate of drug-likeness (QED) is 0.329. The van der Waals surface area contributed by atoms with E-state index in [1.54, 1.807) is 42.5 Å². The zero-order chi connectivity index (χ0) is 24.1. The van der Waals surface area contributed by atoms with Gasteiger partial charge in [-0.1, -0.05) is 48.5 Å². The summed E-state index contributed by atoms with van der Waals surface area (Å²) in [5, 5.41) is 5.07. The molecule has 172 valence electrons. The lowest BCUT2D eigenvalue weighted by molar-refractivity contribution is 0.0842. The Bertz CT molecular complexity index is 1420. The molecule has 34 heavy (non-hydrogen) atoms. The normalized spacial score (nSPS) is 10.6. The summed E-state index contributed by atoms with van der Waals surface area (Å²) in [7, 11) is 1.47. The molecule has 2 amide bonds. The largest absolute Gasteiger partial charge is 0.496 e. The number of nitrogens with zero attached hydrogens (tertiary/aromatic N) is 2. The molecule has 1 heterocycles. The summed E-state index contributed by atoms with van der Waals surface area (Å²) in [6, 6.07) is 21.3. The van der Waals surface area contributed by atoms with E-state index < -0.39 is 11.8 Å². The highest BCUT2D eigenvalue weighted by Crippen LogP contribution is 2.25. The van der Waals surface area contributed by atoms with Crippen LogP contribution in [-0.4, -0.2) is 35.0 Å². The molecule has 0 radical (unpaired) electrons. The highest BCUT2D eigenvalue weighted by atomic mass is 32.2. The van der Waals surface area contributed by atoms with E-state index in [-0.39, 0.29) is 23.4 Å². The van der Waals surface area contributed by atoms with Crippen molar-refractivity contribution in [2.75, 3.05) is 13.4 Å². The first-order chi connectivity index (χ1) is 16.5. The molecule has 4 aromatic rings. The zero-order valence-electron chi connectivity index (χ0n) is 18.6.